The Hall–Kier alpha value is -2.89. The van der Waals surface area contributed by atoms with Crippen molar-refractivity contribution in [3.8, 4) is 0 Å². The summed E-state index contributed by atoms with van der Waals surface area (Å²) in [5.41, 5.74) is 9.30. The average Bonchev–Trinajstić information content (AvgIpc) is 3.17. The molecule has 0 atom stereocenters. The number of hydrogen-bond acceptors (Lipinski definition) is 4. The molecule has 1 saturated carbocycles. The molecule has 27 heavy (non-hydrogen) atoms. The first-order chi connectivity index (χ1) is 13.1. The number of carbonyl (C=O) groups is 2. The van der Waals surface area contributed by atoms with Gasteiger partial charge < -0.3 is 16.0 Å². The van der Waals surface area contributed by atoms with E-state index in [1.807, 2.05) is 23.1 Å². The molecule has 4 rings (SSSR count). The quantitative estimate of drug-likeness (QED) is 0.870. The third-order valence-corrected chi connectivity index (χ3v) is 5.47. The molecule has 6 nitrogen and oxygen atoms in total. The number of aromatic nitrogens is 1. The molecule has 6 heteroatoms. The number of amides is 2. The van der Waals surface area contributed by atoms with E-state index in [-0.39, 0.29) is 17.5 Å². The van der Waals surface area contributed by atoms with Crippen molar-refractivity contribution in [2.45, 2.75) is 38.5 Å². The van der Waals surface area contributed by atoms with Gasteiger partial charge in [-0.15, -0.1) is 0 Å². The molecule has 0 saturated heterocycles. The monoisotopic (exact) mass is 364 g/mol. The number of benzene rings is 1. The van der Waals surface area contributed by atoms with E-state index in [1.54, 1.807) is 12.1 Å². The maximum Gasteiger partial charge on any atom is 0.274 e. The third-order valence-electron chi connectivity index (χ3n) is 5.47. The maximum atomic E-state index is 12.5. The highest BCUT2D eigenvalue weighted by Crippen LogP contribution is 2.34. The molecule has 140 valence electrons. The minimum Gasteiger partial charge on any atom is -0.399 e. The summed E-state index contributed by atoms with van der Waals surface area (Å²) in [6.45, 7) is 0.810. The second-order valence-corrected chi connectivity index (χ2v) is 7.43. The van der Waals surface area contributed by atoms with Crippen LogP contribution in [0.25, 0.3) is 0 Å². The van der Waals surface area contributed by atoms with E-state index in [9.17, 15) is 9.59 Å². The van der Waals surface area contributed by atoms with Gasteiger partial charge in [0.2, 0.25) is 5.91 Å². The van der Waals surface area contributed by atoms with Crippen molar-refractivity contribution in [1.82, 2.24) is 4.98 Å². The number of rotatable bonds is 4. The van der Waals surface area contributed by atoms with Gasteiger partial charge >= 0.3 is 0 Å². The Labute approximate surface area is 158 Å². The van der Waals surface area contributed by atoms with Gasteiger partial charge in [0, 0.05) is 36.2 Å². The van der Waals surface area contributed by atoms with Gasteiger partial charge in [-0.05, 0) is 61.1 Å². The van der Waals surface area contributed by atoms with Gasteiger partial charge in [0.25, 0.3) is 5.91 Å². The summed E-state index contributed by atoms with van der Waals surface area (Å²) in [4.78, 5) is 30.8. The third kappa shape index (κ3) is 3.79. The molecule has 0 bridgehead atoms. The van der Waals surface area contributed by atoms with Crippen molar-refractivity contribution < 1.29 is 9.59 Å². The zero-order chi connectivity index (χ0) is 18.8. The van der Waals surface area contributed by atoms with E-state index in [1.165, 1.54) is 31.9 Å². The van der Waals surface area contributed by atoms with E-state index < -0.39 is 0 Å². The predicted octanol–water partition coefficient (Wildman–Crippen LogP) is 3.39. The summed E-state index contributed by atoms with van der Waals surface area (Å²) in [7, 11) is 0. The van der Waals surface area contributed by atoms with Crippen LogP contribution >= 0.6 is 0 Å². The summed E-state index contributed by atoms with van der Waals surface area (Å²) in [6.07, 6.45) is 7.69. The number of anilines is 3. The normalized spacial score (nSPS) is 17.0. The maximum absolute atomic E-state index is 12.5. The molecule has 0 unspecified atom stereocenters. The van der Waals surface area contributed by atoms with Crippen LogP contribution in [0.15, 0.2) is 36.5 Å². The number of pyridine rings is 1. The van der Waals surface area contributed by atoms with E-state index in [0.717, 1.165) is 17.8 Å². The standard InChI is InChI=1S/C21H24N4O2/c22-16-9-10-23-18(12-16)21(27)24-17-6-7-19-15(11-17)5-8-20(26)25(19)13-14-3-1-2-4-14/h6-7,9-12,14H,1-5,8,13H2,(H2,22,23)(H,24,27). The van der Waals surface area contributed by atoms with Crippen molar-refractivity contribution in [3.63, 3.8) is 0 Å². The van der Waals surface area contributed by atoms with Crippen LogP contribution in [0, 0.1) is 5.92 Å². The number of nitrogens with zero attached hydrogens (tertiary/aromatic N) is 2. The first-order valence-corrected chi connectivity index (χ1v) is 9.56. The molecule has 2 heterocycles. The lowest BCUT2D eigenvalue weighted by Gasteiger charge is -2.32. The van der Waals surface area contributed by atoms with Gasteiger partial charge in [-0.3, -0.25) is 14.6 Å². The lowest BCUT2D eigenvalue weighted by atomic mass is 9.98. The molecule has 2 amide bonds. The number of nitrogens with one attached hydrogen (secondary N) is 1. The first kappa shape index (κ1) is 17.5. The fraction of sp³-hybridized carbons (Fsp3) is 0.381. The van der Waals surface area contributed by atoms with Crippen LogP contribution in [0.1, 0.15) is 48.2 Å². The van der Waals surface area contributed by atoms with Crippen LogP contribution in [-0.2, 0) is 11.2 Å². The molecular formula is C21H24N4O2. The lowest BCUT2D eigenvalue weighted by molar-refractivity contribution is -0.119. The fourth-order valence-electron chi connectivity index (χ4n) is 4.06. The van der Waals surface area contributed by atoms with E-state index in [4.69, 9.17) is 5.73 Å². The van der Waals surface area contributed by atoms with Crippen molar-refractivity contribution in [2.75, 3.05) is 22.5 Å². The Morgan fingerprint density at radius 1 is 1.19 bits per heavy atom. The number of nitrogen functional groups attached to an aromatic ring is 1. The molecule has 1 aromatic heterocycles. The van der Waals surface area contributed by atoms with Crippen molar-refractivity contribution in [3.05, 3.63) is 47.8 Å². The van der Waals surface area contributed by atoms with Gasteiger partial charge in [0.05, 0.1) is 0 Å². The number of fused-ring (bicyclic) bond motifs is 1. The van der Waals surface area contributed by atoms with Crippen LogP contribution in [0.5, 0.6) is 0 Å². The Morgan fingerprint density at radius 3 is 2.78 bits per heavy atom. The highest BCUT2D eigenvalue weighted by Gasteiger charge is 2.28. The lowest BCUT2D eigenvalue weighted by Crippen LogP contribution is -2.38. The van der Waals surface area contributed by atoms with E-state index in [0.29, 0.717) is 30.1 Å². The molecule has 1 aliphatic carbocycles. The molecule has 0 spiro atoms. The molecule has 2 aromatic rings. The highest BCUT2D eigenvalue weighted by molar-refractivity contribution is 6.04. The summed E-state index contributed by atoms with van der Waals surface area (Å²) < 4.78 is 0. The van der Waals surface area contributed by atoms with Gasteiger partial charge in [-0.1, -0.05) is 12.8 Å². The van der Waals surface area contributed by atoms with Crippen LogP contribution in [0.3, 0.4) is 0 Å². The zero-order valence-corrected chi connectivity index (χ0v) is 15.3. The molecule has 1 aromatic carbocycles. The number of nitrogens with two attached hydrogens (primary N) is 1. The molecule has 1 aliphatic heterocycles. The molecule has 3 N–H and O–H groups in total. The summed E-state index contributed by atoms with van der Waals surface area (Å²) in [5, 5.41) is 2.87. The largest absolute Gasteiger partial charge is 0.399 e. The Balaban J connectivity index is 1.52. The molecule has 1 fully saturated rings. The van der Waals surface area contributed by atoms with Crippen LogP contribution < -0.4 is 16.0 Å². The van der Waals surface area contributed by atoms with Gasteiger partial charge in [0.15, 0.2) is 0 Å². The molecular weight excluding hydrogens is 340 g/mol. The smallest absolute Gasteiger partial charge is 0.274 e. The Kier molecular flexibility index (Phi) is 4.79. The number of carbonyl (C=O) groups excluding carboxylic acids is 2. The predicted molar refractivity (Wildman–Crippen MR) is 106 cm³/mol. The average molecular weight is 364 g/mol. The summed E-state index contributed by atoms with van der Waals surface area (Å²) in [5.74, 6) is 0.515. The number of aryl methyl sites for hydroxylation is 1. The van der Waals surface area contributed by atoms with Gasteiger partial charge in [-0.25, -0.2) is 0 Å². The summed E-state index contributed by atoms with van der Waals surface area (Å²) >= 11 is 0. The first-order valence-electron chi connectivity index (χ1n) is 9.56. The second kappa shape index (κ2) is 7.39. The SMILES string of the molecule is Nc1ccnc(C(=O)Nc2ccc3c(c2)CCC(=O)N3CC2CCCC2)c1. The number of hydrogen-bond donors (Lipinski definition) is 2. The van der Waals surface area contributed by atoms with Crippen molar-refractivity contribution in [1.29, 1.82) is 0 Å². The zero-order valence-electron chi connectivity index (χ0n) is 15.3. The van der Waals surface area contributed by atoms with Gasteiger partial charge in [0.1, 0.15) is 5.69 Å². The van der Waals surface area contributed by atoms with Gasteiger partial charge in [-0.2, -0.15) is 0 Å². The van der Waals surface area contributed by atoms with E-state index in [2.05, 4.69) is 10.3 Å². The Bertz CT molecular complexity index is 874. The minimum atomic E-state index is -0.294. The van der Waals surface area contributed by atoms with Crippen LogP contribution in [0.2, 0.25) is 0 Å². The van der Waals surface area contributed by atoms with Crippen molar-refractivity contribution in [2.24, 2.45) is 5.92 Å². The molecule has 0 radical (unpaired) electrons. The summed E-state index contributed by atoms with van der Waals surface area (Å²) in [6, 6.07) is 8.96. The minimum absolute atomic E-state index is 0.204. The van der Waals surface area contributed by atoms with Crippen LogP contribution in [-0.4, -0.2) is 23.3 Å². The molecule has 2 aliphatic rings. The highest BCUT2D eigenvalue weighted by atomic mass is 16.2. The van der Waals surface area contributed by atoms with E-state index >= 15 is 0 Å². The second-order valence-electron chi connectivity index (χ2n) is 7.43. The fourth-order valence-corrected chi connectivity index (χ4v) is 4.06. The van der Waals surface area contributed by atoms with Crippen LogP contribution in [0.4, 0.5) is 17.1 Å². The Morgan fingerprint density at radius 2 is 2.00 bits per heavy atom. The topological polar surface area (TPSA) is 88.3 Å². The van der Waals surface area contributed by atoms with Crippen molar-refractivity contribution >= 4 is 28.9 Å².